The van der Waals surface area contributed by atoms with Gasteiger partial charge in [0.05, 0.1) is 12.1 Å². The Bertz CT molecular complexity index is 524. The van der Waals surface area contributed by atoms with Crippen molar-refractivity contribution in [2.24, 2.45) is 17.8 Å². The van der Waals surface area contributed by atoms with Crippen molar-refractivity contribution in [2.75, 3.05) is 0 Å². The van der Waals surface area contributed by atoms with Crippen molar-refractivity contribution in [2.45, 2.75) is 71.3 Å². The van der Waals surface area contributed by atoms with Crippen molar-refractivity contribution in [3.63, 3.8) is 0 Å². The van der Waals surface area contributed by atoms with Crippen LogP contribution in [0.15, 0.2) is 36.5 Å². The summed E-state index contributed by atoms with van der Waals surface area (Å²) in [4.78, 5) is 22.3. The summed E-state index contributed by atoms with van der Waals surface area (Å²) < 4.78 is 0. The molecule has 0 aromatic rings. The summed E-state index contributed by atoms with van der Waals surface area (Å²) in [6.45, 7) is 4.34. The van der Waals surface area contributed by atoms with Crippen LogP contribution in [0.3, 0.4) is 0 Å². The molecule has 27 heavy (non-hydrogen) atoms. The number of carbonyl (C=O) groups is 2. The molecule has 0 spiro atoms. The van der Waals surface area contributed by atoms with Crippen LogP contribution < -0.4 is 34.7 Å². The van der Waals surface area contributed by atoms with E-state index in [0.29, 0.717) is 12.3 Å². The fourth-order valence-electron chi connectivity index (χ4n) is 3.41. The number of aliphatic hydroxyl groups is 1. The van der Waals surface area contributed by atoms with Crippen LogP contribution in [0.5, 0.6) is 0 Å². The average Bonchev–Trinajstić information content (AvgIpc) is 2.94. The first-order valence-corrected chi connectivity index (χ1v) is 9.90. The minimum absolute atomic E-state index is 0. The molecule has 0 saturated carbocycles. The topological polar surface area (TPSA) is 77.4 Å². The Hall–Kier alpha value is -0.680. The van der Waals surface area contributed by atoms with Gasteiger partial charge in [0.25, 0.3) is 0 Å². The van der Waals surface area contributed by atoms with Gasteiger partial charge in [-0.3, -0.25) is 4.79 Å². The molecule has 0 bridgehead atoms. The summed E-state index contributed by atoms with van der Waals surface area (Å²) in [5.41, 5.74) is 0. The van der Waals surface area contributed by atoms with Crippen molar-refractivity contribution >= 4 is 11.8 Å². The van der Waals surface area contributed by atoms with Crippen molar-refractivity contribution in [1.29, 1.82) is 0 Å². The summed E-state index contributed by atoms with van der Waals surface area (Å²) in [6.07, 6.45) is 17.0. The molecule has 1 rings (SSSR count). The van der Waals surface area contributed by atoms with Crippen molar-refractivity contribution < 1.29 is 49.4 Å². The van der Waals surface area contributed by atoms with Gasteiger partial charge in [-0.2, -0.15) is 0 Å². The van der Waals surface area contributed by atoms with Crippen LogP contribution in [0, 0.1) is 17.8 Å². The number of aliphatic carboxylic acids is 1. The van der Waals surface area contributed by atoms with Gasteiger partial charge in [0.2, 0.25) is 0 Å². The van der Waals surface area contributed by atoms with Crippen LogP contribution in [-0.4, -0.2) is 23.0 Å². The third-order valence-corrected chi connectivity index (χ3v) is 4.95. The van der Waals surface area contributed by atoms with E-state index in [1.54, 1.807) is 12.2 Å². The fraction of sp³-hybridized carbons (Fsp3) is 0.636. The monoisotopic (exact) mass is 384 g/mol. The van der Waals surface area contributed by atoms with E-state index in [9.17, 15) is 19.8 Å². The van der Waals surface area contributed by atoms with E-state index in [0.717, 1.165) is 38.2 Å². The Morgan fingerprint density at radius 3 is 2.74 bits per heavy atom. The molecule has 1 aliphatic carbocycles. The Kier molecular flexibility index (Phi) is 14.9. The number of hydrogen-bond acceptors (Lipinski definition) is 4. The molecular weight excluding hydrogens is 351 g/mol. The van der Waals surface area contributed by atoms with E-state index in [2.05, 4.69) is 13.8 Å². The van der Waals surface area contributed by atoms with E-state index in [1.807, 2.05) is 18.2 Å². The van der Waals surface area contributed by atoms with Gasteiger partial charge in [0.15, 0.2) is 5.78 Å². The predicted octanol–water partition coefficient (Wildman–Crippen LogP) is 0.362. The fourth-order valence-corrected chi connectivity index (χ4v) is 3.41. The van der Waals surface area contributed by atoms with Gasteiger partial charge in [0, 0.05) is 11.8 Å². The number of carboxylic acids is 1. The van der Waals surface area contributed by atoms with Crippen LogP contribution in [0.1, 0.15) is 65.2 Å². The molecule has 1 aliphatic rings. The molecule has 0 radical (unpaired) electrons. The van der Waals surface area contributed by atoms with Gasteiger partial charge in [-0.15, -0.1) is 0 Å². The number of aliphatic hydroxyl groups excluding tert-OH is 1. The zero-order valence-electron chi connectivity index (χ0n) is 17.1. The Labute approximate surface area is 186 Å². The van der Waals surface area contributed by atoms with Gasteiger partial charge in [-0.05, 0) is 43.8 Å². The van der Waals surface area contributed by atoms with Gasteiger partial charge in [-0.1, -0.05) is 63.8 Å². The van der Waals surface area contributed by atoms with Crippen molar-refractivity contribution in [1.82, 2.24) is 0 Å². The second-order valence-corrected chi connectivity index (χ2v) is 7.39. The summed E-state index contributed by atoms with van der Waals surface area (Å²) in [5, 5.41) is 20.5. The number of carboxylic acid groups (broad SMARTS) is 1. The summed E-state index contributed by atoms with van der Waals surface area (Å²) in [5.74, 6) is -0.521. The van der Waals surface area contributed by atoms with Crippen LogP contribution in [0.4, 0.5) is 0 Å². The zero-order valence-corrected chi connectivity index (χ0v) is 19.1. The van der Waals surface area contributed by atoms with Gasteiger partial charge in [-0.25, -0.2) is 0 Å². The molecule has 0 aromatic carbocycles. The molecule has 0 fully saturated rings. The quantitative estimate of drug-likeness (QED) is 0.215. The maximum Gasteiger partial charge on any atom is 1.00 e. The van der Waals surface area contributed by atoms with E-state index in [-0.39, 0.29) is 47.2 Å². The first-order chi connectivity index (χ1) is 12.4. The summed E-state index contributed by atoms with van der Waals surface area (Å²) in [7, 11) is 0. The van der Waals surface area contributed by atoms with Crippen LogP contribution in [-0.2, 0) is 9.59 Å². The molecule has 0 saturated heterocycles. The van der Waals surface area contributed by atoms with E-state index >= 15 is 0 Å². The van der Waals surface area contributed by atoms with E-state index in [4.69, 9.17) is 0 Å². The van der Waals surface area contributed by atoms with Crippen LogP contribution in [0.25, 0.3) is 0 Å². The summed E-state index contributed by atoms with van der Waals surface area (Å²) in [6, 6.07) is 0. The van der Waals surface area contributed by atoms with E-state index in [1.165, 1.54) is 12.8 Å². The zero-order chi connectivity index (χ0) is 19.4. The van der Waals surface area contributed by atoms with Gasteiger partial charge in [0.1, 0.15) is 0 Å². The standard InChI is InChI=1S/C22H34O4.Na/c1-3-4-9-17(2)16-19(23)14-12-18-13-15-21(24)20(18)10-7-5-6-8-11-22(25)26;/h8,11-15,17-20,23H,3-7,9-10,16H2,1-2H3,(H,25,26);/q;+1/p-1/b11-8+,14-12+;/t17-,18-,19+,20+;/m0./s1. The third-order valence-electron chi connectivity index (χ3n) is 4.95. The number of allylic oxidation sites excluding steroid dienone is 4. The minimum Gasteiger partial charge on any atom is -0.545 e. The SMILES string of the molecule is CCCC[C@H](C)C[C@H](O)/C=C/[C@H]1C=CC(=O)[C@@H]1CCCC/C=C/C(=O)[O-].[Na+]. The second-order valence-electron chi connectivity index (χ2n) is 7.39. The van der Waals surface area contributed by atoms with Gasteiger partial charge >= 0.3 is 29.6 Å². The molecule has 146 valence electrons. The largest absolute Gasteiger partial charge is 1.00 e. The van der Waals surface area contributed by atoms with E-state index < -0.39 is 12.1 Å². The Balaban J connectivity index is 0.00000676. The third kappa shape index (κ3) is 11.7. The molecule has 5 heteroatoms. The van der Waals surface area contributed by atoms with Gasteiger partial charge < -0.3 is 15.0 Å². The van der Waals surface area contributed by atoms with Crippen molar-refractivity contribution in [3.05, 3.63) is 36.5 Å². The average molecular weight is 384 g/mol. The minimum atomic E-state index is -1.17. The van der Waals surface area contributed by atoms with Crippen molar-refractivity contribution in [3.8, 4) is 0 Å². The Morgan fingerprint density at radius 2 is 2.07 bits per heavy atom. The number of unbranched alkanes of at least 4 members (excludes halogenated alkanes) is 3. The predicted molar refractivity (Wildman–Crippen MR) is 102 cm³/mol. The second kappa shape index (κ2) is 15.3. The molecule has 1 N–H and O–H groups in total. The van der Waals surface area contributed by atoms with Crippen LogP contribution >= 0.6 is 0 Å². The first kappa shape index (κ1) is 26.3. The Morgan fingerprint density at radius 1 is 1.33 bits per heavy atom. The molecule has 0 amide bonds. The number of ketones is 1. The molecule has 0 unspecified atom stereocenters. The maximum atomic E-state index is 12.1. The molecule has 0 aliphatic heterocycles. The summed E-state index contributed by atoms with van der Waals surface area (Å²) >= 11 is 0. The maximum absolute atomic E-state index is 12.1. The number of carbonyl (C=O) groups excluding carboxylic acids is 2. The molecule has 4 atom stereocenters. The number of hydrogen-bond donors (Lipinski definition) is 1. The number of rotatable bonds is 13. The molecule has 4 nitrogen and oxygen atoms in total. The first-order valence-electron chi connectivity index (χ1n) is 9.90. The molecular formula is C22H33NaO4. The normalized spacial score (nSPS) is 21.7. The van der Waals surface area contributed by atoms with Crippen LogP contribution in [0.2, 0.25) is 0 Å². The smallest absolute Gasteiger partial charge is 0.545 e. The molecule has 0 heterocycles. The molecule has 0 aromatic heterocycles.